The fourth-order valence-corrected chi connectivity index (χ4v) is 1.27. The average Bonchev–Trinajstić information content (AvgIpc) is 2.20. The van der Waals surface area contributed by atoms with Gasteiger partial charge >= 0.3 is 5.97 Å². The molecule has 0 bridgehead atoms. The zero-order chi connectivity index (χ0) is 11.4. The third-order valence-corrected chi connectivity index (χ3v) is 2.15. The summed E-state index contributed by atoms with van der Waals surface area (Å²) in [7, 11) is 0. The Morgan fingerprint density at radius 3 is 2.67 bits per heavy atom. The molecule has 0 saturated heterocycles. The van der Waals surface area contributed by atoms with Gasteiger partial charge < -0.3 is 4.74 Å². The molecular formula is C13H16O2. The van der Waals surface area contributed by atoms with Crippen LogP contribution in [-0.4, -0.2) is 5.97 Å². The van der Waals surface area contributed by atoms with Gasteiger partial charge in [0.2, 0.25) is 0 Å². The van der Waals surface area contributed by atoms with Gasteiger partial charge in [-0.15, -0.1) is 0 Å². The summed E-state index contributed by atoms with van der Waals surface area (Å²) in [5.41, 5.74) is 2.63. The molecule has 0 atom stereocenters. The maximum Gasteiger partial charge on any atom is 0.338 e. The second-order valence-corrected chi connectivity index (χ2v) is 3.63. The first-order valence-corrected chi connectivity index (χ1v) is 5.01. The van der Waals surface area contributed by atoms with E-state index in [2.05, 4.69) is 6.58 Å². The van der Waals surface area contributed by atoms with E-state index in [0.717, 1.165) is 12.0 Å². The lowest BCUT2D eigenvalue weighted by Gasteiger charge is -2.09. The van der Waals surface area contributed by atoms with Gasteiger partial charge in [-0.1, -0.05) is 31.2 Å². The maximum atomic E-state index is 11.3. The molecule has 2 nitrogen and oxygen atoms in total. The van der Waals surface area contributed by atoms with Gasteiger partial charge in [-0.25, -0.2) is 4.79 Å². The quantitative estimate of drug-likeness (QED) is 0.430. The zero-order valence-electron chi connectivity index (χ0n) is 9.46. The van der Waals surface area contributed by atoms with Crippen molar-refractivity contribution in [3.05, 3.63) is 41.5 Å². The minimum atomic E-state index is -0.367. The van der Waals surface area contributed by atoms with Gasteiger partial charge in [-0.05, 0) is 31.9 Å². The van der Waals surface area contributed by atoms with Crippen molar-refractivity contribution in [2.45, 2.75) is 27.2 Å². The lowest BCUT2D eigenvalue weighted by molar-refractivity contribution is -0.130. The molecule has 1 rings (SSSR count). The molecule has 0 amide bonds. The molecular weight excluding hydrogens is 188 g/mol. The SMILES string of the molecule is C=C(C)C(=O)Oc1ccc(C)cc1CC. The molecule has 15 heavy (non-hydrogen) atoms. The maximum absolute atomic E-state index is 11.3. The molecule has 0 radical (unpaired) electrons. The van der Waals surface area contributed by atoms with Crippen LogP contribution in [0.4, 0.5) is 0 Å². The number of benzene rings is 1. The fourth-order valence-electron chi connectivity index (χ4n) is 1.27. The van der Waals surface area contributed by atoms with E-state index in [0.29, 0.717) is 11.3 Å². The molecule has 0 aliphatic rings. The summed E-state index contributed by atoms with van der Waals surface area (Å²) in [6.45, 7) is 9.24. The van der Waals surface area contributed by atoms with Crippen LogP contribution in [0.25, 0.3) is 0 Å². The first-order valence-electron chi connectivity index (χ1n) is 5.01. The van der Waals surface area contributed by atoms with E-state index in [1.165, 1.54) is 5.56 Å². The lowest BCUT2D eigenvalue weighted by Crippen LogP contribution is -2.09. The molecule has 80 valence electrons. The van der Waals surface area contributed by atoms with Crippen LogP contribution in [0.1, 0.15) is 25.0 Å². The van der Waals surface area contributed by atoms with Crippen molar-refractivity contribution in [2.75, 3.05) is 0 Å². The van der Waals surface area contributed by atoms with E-state index in [1.54, 1.807) is 6.92 Å². The first kappa shape index (κ1) is 11.5. The largest absolute Gasteiger partial charge is 0.423 e. The van der Waals surface area contributed by atoms with Gasteiger partial charge in [0.25, 0.3) is 0 Å². The Morgan fingerprint density at radius 2 is 2.13 bits per heavy atom. The Balaban J connectivity index is 2.94. The van der Waals surface area contributed by atoms with Crippen molar-refractivity contribution in [1.29, 1.82) is 0 Å². The smallest absolute Gasteiger partial charge is 0.338 e. The predicted molar refractivity (Wildman–Crippen MR) is 61.0 cm³/mol. The standard InChI is InChI=1S/C13H16O2/c1-5-11-8-10(4)6-7-12(11)15-13(14)9(2)3/h6-8H,2,5H2,1,3-4H3. The van der Waals surface area contributed by atoms with E-state index in [-0.39, 0.29) is 5.97 Å². The Kier molecular flexibility index (Phi) is 3.67. The summed E-state index contributed by atoms with van der Waals surface area (Å²) >= 11 is 0. The Hall–Kier alpha value is -1.57. The molecule has 0 unspecified atom stereocenters. The lowest BCUT2D eigenvalue weighted by atomic mass is 10.1. The zero-order valence-corrected chi connectivity index (χ0v) is 9.46. The van der Waals surface area contributed by atoms with Crippen molar-refractivity contribution >= 4 is 5.97 Å². The normalized spacial score (nSPS) is 9.80. The highest BCUT2D eigenvalue weighted by molar-refractivity contribution is 5.88. The third-order valence-electron chi connectivity index (χ3n) is 2.15. The van der Waals surface area contributed by atoms with Gasteiger partial charge in [0.1, 0.15) is 5.75 Å². The second kappa shape index (κ2) is 4.78. The molecule has 0 N–H and O–H groups in total. The van der Waals surface area contributed by atoms with E-state index in [1.807, 2.05) is 32.0 Å². The summed E-state index contributed by atoms with van der Waals surface area (Å²) in [6.07, 6.45) is 0.848. The van der Waals surface area contributed by atoms with Crippen molar-refractivity contribution in [1.82, 2.24) is 0 Å². The number of hydrogen-bond donors (Lipinski definition) is 0. The highest BCUT2D eigenvalue weighted by Gasteiger charge is 2.08. The number of ether oxygens (including phenoxy) is 1. The molecule has 0 saturated carbocycles. The first-order chi connectivity index (χ1) is 7.04. The van der Waals surface area contributed by atoms with E-state index >= 15 is 0 Å². The molecule has 0 spiro atoms. The van der Waals surface area contributed by atoms with Crippen LogP contribution in [-0.2, 0) is 11.2 Å². The number of carbonyl (C=O) groups is 1. The molecule has 0 aromatic heterocycles. The van der Waals surface area contributed by atoms with Gasteiger partial charge in [0, 0.05) is 5.57 Å². The van der Waals surface area contributed by atoms with E-state index in [9.17, 15) is 4.79 Å². The number of rotatable bonds is 3. The molecule has 1 aromatic rings. The summed E-state index contributed by atoms with van der Waals surface area (Å²) in [4.78, 5) is 11.3. The van der Waals surface area contributed by atoms with Crippen LogP contribution in [0.3, 0.4) is 0 Å². The number of aryl methyl sites for hydroxylation is 2. The summed E-state index contributed by atoms with van der Waals surface area (Å²) in [5.74, 6) is 0.268. The van der Waals surface area contributed by atoms with Crippen molar-refractivity contribution < 1.29 is 9.53 Å². The van der Waals surface area contributed by atoms with Gasteiger partial charge in [-0.3, -0.25) is 0 Å². The monoisotopic (exact) mass is 204 g/mol. The third kappa shape index (κ3) is 2.94. The molecule has 2 heteroatoms. The average molecular weight is 204 g/mol. The minimum absolute atomic E-state index is 0.367. The van der Waals surface area contributed by atoms with E-state index in [4.69, 9.17) is 4.74 Å². The van der Waals surface area contributed by atoms with Crippen molar-refractivity contribution in [3.63, 3.8) is 0 Å². The van der Waals surface area contributed by atoms with Crippen LogP contribution in [0.15, 0.2) is 30.4 Å². The Labute approximate surface area is 90.6 Å². The Morgan fingerprint density at radius 1 is 1.47 bits per heavy atom. The minimum Gasteiger partial charge on any atom is -0.423 e. The fraction of sp³-hybridized carbons (Fsp3) is 0.308. The molecule has 0 fully saturated rings. The van der Waals surface area contributed by atoms with Crippen LogP contribution < -0.4 is 4.74 Å². The van der Waals surface area contributed by atoms with Gasteiger partial charge in [-0.2, -0.15) is 0 Å². The van der Waals surface area contributed by atoms with Gasteiger partial charge in [0.05, 0.1) is 0 Å². The predicted octanol–water partition coefficient (Wildman–Crippen LogP) is 3.04. The highest BCUT2D eigenvalue weighted by Crippen LogP contribution is 2.21. The van der Waals surface area contributed by atoms with Crippen LogP contribution in [0, 0.1) is 6.92 Å². The number of hydrogen-bond acceptors (Lipinski definition) is 2. The van der Waals surface area contributed by atoms with Crippen molar-refractivity contribution in [2.24, 2.45) is 0 Å². The summed E-state index contributed by atoms with van der Waals surface area (Å²) in [5, 5.41) is 0. The second-order valence-electron chi connectivity index (χ2n) is 3.63. The van der Waals surface area contributed by atoms with Crippen molar-refractivity contribution in [3.8, 4) is 5.75 Å². The van der Waals surface area contributed by atoms with Gasteiger partial charge in [0.15, 0.2) is 0 Å². The Bertz CT molecular complexity index is 392. The topological polar surface area (TPSA) is 26.3 Å². The molecule has 1 aromatic carbocycles. The molecule has 0 aliphatic carbocycles. The van der Waals surface area contributed by atoms with Crippen LogP contribution in [0.2, 0.25) is 0 Å². The molecule has 0 aliphatic heterocycles. The number of esters is 1. The summed E-state index contributed by atoms with van der Waals surface area (Å²) in [6, 6.07) is 5.79. The summed E-state index contributed by atoms with van der Waals surface area (Å²) < 4.78 is 5.21. The van der Waals surface area contributed by atoms with Crippen LogP contribution >= 0.6 is 0 Å². The van der Waals surface area contributed by atoms with E-state index < -0.39 is 0 Å². The molecule has 0 heterocycles. The number of carbonyl (C=O) groups excluding carboxylic acids is 1. The van der Waals surface area contributed by atoms with Crippen LogP contribution in [0.5, 0.6) is 5.75 Å². The highest BCUT2D eigenvalue weighted by atomic mass is 16.5.